The van der Waals surface area contributed by atoms with Gasteiger partial charge in [0.05, 0.1) is 17.6 Å². The predicted octanol–water partition coefficient (Wildman–Crippen LogP) is 2.87. The summed E-state index contributed by atoms with van der Waals surface area (Å²) in [4.78, 5) is 83.4. The second-order valence-electron chi connectivity index (χ2n) is 13.9. The monoisotopic (exact) mass is 722 g/mol. The van der Waals surface area contributed by atoms with E-state index in [2.05, 4.69) is 18.0 Å². The number of rotatable bonds is 9. The van der Waals surface area contributed by atoms with Crippen LogP contribution in [0.25, 0.3) is 0 Å². The number of hydrogen-bond donors (Lipinski definition) is 3. The molecule has 284 valence electrons. The molecule has 0 saturated heterocycles. The molecule has 0 aromatic rings. The molecule has 0 aromatic carbocycles. The molecule has 0 aliphatic heterocycles. The molecule has 10 atom stereocenters. The topological polar surface area (TPSA) is 218 Å². The van der Waals surface area contributed by atoms with E-state index in [4.69, 9.17) is 23.7 Å². The predicted molar refractivity (Wildman–Crippen MR) is 178 cm³/mol. The molecule has 1 fully saturated rings. The summed E-state index contributed by atoms with van der Waals surface area (Å²) in [5, 5.41) is 33.3. The summed E-state index contributed by atoms with van der Waals surface area (Å²) in [5.41, 5.74) is -7.03. The summed E-state index contributed by atoms with van der Waals surface area (Å²) in [6, 6.07) is 0. The SMILES string of the molecule is C=C(C(=O)OC1C(=C)C(O)C2C(OC(=O)C(C)=CC)C(C)CC2(OC(C)=O)C(=O)C(C)(O)C=CC(C)(C)C(OC(C)=O)C1OC(C)=O)C(C)OO. The van der Waals surface area contributed by atoms with Crippen LogP contribution in [-0.4, -0.2) is 98.9 Å². The third kappa shape index (κ3) is 9.39. The molecule has 51 heavy (non-hydrogen) atoms. The van der Waals surface area contributed by atoms with E-state index in [1.165, 1.54) is 39.8 Å². The minimum atomic E-state index is -2.44. The fourth-order valence-corrected chi connectivity index (χ4v) is 6.41. The van der Waals surface area contributed by atoms with Crippen molar-refractivity contribution in [2.24, 2.45) is 17.3 Å². The maximum Gasteiger partial charge on any atom is 0.336 e. The molecule has 0 radical (unpaired) electrons. The number of hydrogen-bond acceptors (Lipinski definition) is 15. The van der Waals surface area contributed by atoms with Gasteiger partial charge in [0.15, 0.2) is 23.9 Å². The molecular formula is C36H50O15. The first-order valence-corrected chi connectivity index (χ1v) is 16.3. The van der Waals surface area contributed by atoms with Gasteiger partial charge in [0.1, 0.15) is 17.8 Å². The summed E-state index contributed by atoms with van der Waals surface area (Å²) in [6.45, 7) is 20.7. The molecule has 10 unspecified atom stereocenters. The maximum atomic E-state index is 14.6. The Kier molecular flexibility index (Phi) is 13.9. The smallest absolute Gasteiger partial charge is 0.336 e. The van der Waals surface area contributed by atoms with E-state index < -0.39 is 112 Å². The second kappa shape index (κ2) is 16.4. The zero-order valence-electron chi connectivity index (χ0n) is 30.7. The first-order chi connectivity index (χ1) is 23.4. The Morgan fingerprint density at radius 3 is 1.98 bits per heavy atom. The Balaban J connectivity index is 3.13. The largest absolute Gasteiger partial charge is 0.458 e. The van der Waals surface area contributed by atoms with Crippen LogP contribution < -0.4 is 0 Å². The van der Waals surface area contributed by atoms with Crippen LogP contribution in [0.2, 0.25) is 0 Å². The van der Waals surface area contributed by atoms with Crippen molar-refractivity contribution in [2.75, 3.05) is 0 Å². The van der Waals surface area contributed by atoms with E-state index in [0.29, 0.717) is 0 Å². The molecule has 0 spiro atoms. The standard InChI is InChI=1S/C36H50O15/c1-13-17(2)31(41)48-27-18(3)16-36(50-24(9)39)25(27)26(40)20(5)28(49-32(42)19(4)21(6)51-45)29(46-22(7)37)30(47-23(8)38)34(10,11)14-15-35(12,44)33(36)43/h13-15,18,21,25-30,40,44-45H,4-5,16H2,1-3,6-12H3. The molecule has 2 rings (SSSR count). The molecule has 2 aliphatic carbocycles. The highest BCUT2D eigenvalue weighted by Gasteiger charge is 2.66. The van der Waals surface area contributed by atoms with Crippen molar-refractivity contribution in [3.8, 4) is 0 Å². The molecule has 1 saturated carbocycles. The number of aliphatic hydroxyl groups is 2. The number of carbonyl (C=O) groups is 6. The van der Waals surface area contributed by atoms with Gasteiger partial charge >= 0.3 is 29.8 Å². The average Bonchev–Trinajstić information content (AvgIpc) is 3.31. The normalized spacial score (nSPS) is 33.0. The Hall–Kier alpha value is -4.18. The number of carbonyl (C=O) groups excluding carboxylic acids is 6. The van der Waals surface area contributed by atoms with Crippen LogP contribution in [0.5, 0.6) is 0 Å². The Bertz CT molecular complexity index is 1490. The second-order valence-corrected chi connectivity index (χ2v) is 13.9. The van der Waals surface area contributed by atoms with Crippen LogP contribution in [-0.2, 0) is 57.3 Å². The van der Waals surface area contributed by atoms with Crippen molar-refractivity contribution in [3.63, 3.8) is 0 Å². The van der Waals surface area contributed by atoms with E-state index in [-0.39, 0.29) is 12.0 Å². The Labute approximate surface area is 297 Å². The zero-order chi connectivity index (χ0) is 39.4. The molecule has 3 N–H and O–H groups in total. The summed E-state index contributed by atoms with van der Waals surface area (Å²) >= 11 is 0. The molecule has 0 bridgehead atoms. The first kappa shape index (κ1) is 43.0. The third-order valence-electron chi connectivity index (χ3n) is 9.24. The molecule has 0 amide bonds. The fourth-order valence-electron chi connectivity index (χ4n) is 6.41. The zero-order valence-corrected chi connectivity index (χ0v) is 30.7. The van der Waals surface area contributed by atoms with E-state index >= 15 is 0 Å². The van der Waals surface area contributed by atoms with Gasteiger partial charge in [-0.05, 0) is 45.3 Å². The highest BCUT2D eigenvalue weighted by atomic mass is 17.1. The Morgan fingerprint density at radius 2 is 1.49 bits per heavy atom. The van der Waals surface area contributed by atoms with Gasteiger partial charge in [-0.1, -0.05) is 46.1 Å². The van der Waals surface area contributed by atoms with E-state index in [9.17, 15) is 44.2 Å². The highest BCUT2D eigenvalue weighted by Crippen LogP contribution is 2.51. The fraction of sp³-hybridized carbons (Fsp3) is 0.611. The van der Waals surface area contributed by atoms with Crippen molar-refractivity contribution < 1.29 is 72.8 Å². The van der Waals surface area contributed by atoms with Crippen molar-refractivity contribution in [1.82, 2.24) is 0 Å². The van der Waals surface area contributed by atoms with Crippen molar-refractivity contribution in [3.05, 3.63) is 48.1 Å². The van der Waals surface area contributed by atoms with Crippen molar-refractivity contribution in [2.45, 2.75) is 123 Å². The van der Waals surface area contributed by atoms with E-state index in [1.807, 2.05) is 0 Å². The van der Waals surface area contributed by atoms with Gasteiger partial charge in [-0.2, -0.15) is 0 Å². The molecule has 0 aromatic heterocycles. The van der Waals surface area contributed by atoms with Gasteiger partial charge in [-0.3, -0.25) is 24.4 Å². The van der Waals surface area contributed by atoms with Crippen LogP contribution in [0.1, 0.15) is 75.7 Å². The molecule has 15 heteroatoms. The number of esters is 5. The van der Waals surface area contributed by atoms with Gasteiger partial charge in [-0.15, -0.1) is 0 Å². The molecular weight excluding hydrogens is 672 g/mol. The number of ether oxygens (including phenoxy) is 5. The summed E-state index contributed by atoms with van der Waals surface area (Å²) in [6.07, 6.45) is -6.58. The van der Waals surface area contributed by atoms with Gasteiger partial charge in [0, 0.05) is 38.2 Å². The molecule has 2 aliphatic rings. The van der Waals surface area contributed by atoms with Crippen LogP contribution in [0, 0.1) is 17.3 Å². The van der Waals surface area contributed by atoms with Crippen LogP contribution in [0.15, 0.2) is 48.1 Å². The number of ketones is 1. The van der Waals surface area contributed by atoms with Crippen LogP contribution in [0.3, 0.4) is 0 Å². The van der Waals surface area contributed by atoms with Gasteiger partial charge in [0.25, 0.3) is 0 Å². The maximum absolute atomic E-state index is 14.6. The molecule has 0 heterocycles. The lowest BCUT2D eigenvalue weighted by Crippen LogP contribution is -2.61. The van der Waals surface area contributed by atoms with Crippen LogP contribution >= 0.6 is 0 Å². The van der Waals surface area contributed by atoms with Crippen molar-refractivity contribution >= 4 is 35.6 Å². The van der Waals surface area contributed by atoms with Crippen molar-refractivity contribution in [1.29, 1.82) is 0 Å². The number of fused-ring (bicyclic) bond motifs is 1. The molecule has 15 nitrogen and oxygen atoms in total. The van der Waals surface area contributed by atoms with Crippen LogP contribution in [0.4, 0.5) is 0 Å². The van der Waals surface area contributed by atoms with E-state index in [1.54, 1.807) is 13.8 Å². The van der Waals surface area contributed by atoms with Gasteiger partial charge < -0.3 is 33.9 Å². The number of aliphatic hydroxyl groups excluding tert-OH is 1. The van der Waals surface area contributed by atoms with Gasteiger partial charge in [0.2, 0.25) is 5.78 Å². The Morgan fingerprint density at radius 1 is 0.922 bits per heavy atom. The first-order valence-electron chi connectivity index (χ1n) is 16.3. The summed E-state index contributed by atoms with van der Waals surface area (Å²) in [7, 11) is 0. The number of Topliss-reactive ketones (excluding diaryl/α,β-unsaturated/α-hetero) is 1. The highest BCUT2D eigenvalue weighted by molar-refractivity contribution is 5.98. The lowest BCUT2D eigenvalue weighted by molar-refractivity contribution is -0.264. The lowest BCUT2D eigenvalue weighted by Gasteiger charge is -2.44. The average molecular weight is 723 g/mol. The number of allylic oxidation sites excluding steroid dienone is 1. The minimum Gasteiger partial charge on any atom is -0.458 e. The van der Waals surface area contributed by atoms with Gasteiger partial charge in [-0.25, -0.2) is 14.5 Å². The summed E-state index contributed by atoms with van der Waals surface area (Å²) < 4.78 is 28.7. The van der Waals surface area contributed by atoms with E-state index in [0.717, 1.165) is 33.8 Å². The quantitative estimate of drug-likeness (QED) is 0.0778. The lowest BCUT2D eigenvalue weighted by atomic mass is 9.71. The summed E-state index contributed by atoms with van der Waals surface area (Å²) in [5.74, 6) is -8.48. The third-order valence-corrected chi connectivity index (χ3v) is 9.24. The minimum absolute atomic E-state index is 0.168.